The van der Waals surface area contributed by atoms with Crippen LogP contribution < -0.4 is 5.73 Å². The maximum Gasteiger partial charge on any atom is 0.419 e. The van der Waals surface area contributed by atoms with Gasteiger partial charge in [0, 0.05) is 43.5 Å². The largest absolute Gasteiger partial charge is 0.419 e. The fourth-order valence-corrected chi connectivity index (χ4v) is 4.74. The van der Waals surface area contributed by atoms with Crippen LogP contribution in [0.15, 0.2) is 18.5 Å². The summed E-state index contributed by atoms with van der Waals surface area (Å²) in [6, 6.07) is 1.17. The third-order valence-electron chi connectivity index (χ3n) is 6.44. The number of imidazole rings is 1. The van der Waals surface area contributed by atoms with Crippen molar-refractivity contribution in [2.24, 2.45) is 17.8 Å². The molecule has 0 radical (unpaired) electrons. The number of nitrogen functional groups attached to an aromatic ring is 1. The Bertz CT molecular complexity index is 940. The van der Waals surface area contributed by atoms with Crippen LogP contribution in [0.2, 0.25) is 0 Å². The monoisotopic (exact) mass is 427 g/mol. The number of anilines is 1. The first-order valence-corrected chi connectivity index (χ1v) is 10.1. The van der Waals surface area contributed by atoms with Crippen LogP contribution in [0.1, 0.15) is 30.3 Å². The van der Waals surface area contributed by atoms with Crippen LogP contribution in [0.3, 0.4) is 0 Å². The van der Waals surface area contributed by atoms with E-state index in [1.807, 2.05) is 0 Å². The minimum Gasteiger partial charge on any atom is -0.383 e. The highest BCUT2D eigenvalue weighted by molar-refractivity contribution is 5.62. The summed E-state index contributed by atoms with van der Waals surface area (Å²) in [5.41, 5.74) is 5.17. The fraction of sp³-hybridized carbons (Fsp3) is 0.600. The van der Waals surface area contributed by atoms with Gasteiger partial charge < -0.3 is 10.3 Å². The number of pyridine rings is 1. The molecule has 1 aliphatic heterocycles. The number of hydrogen-bond acceptors (Lipinski definition) is 4. The summed E-state index contributed by atoms with van der Waals surface area (Å²) in [6.07, 6.45) is -0.777. The second-order valence-corrected chi connectivity index (χ2v) is 8.68. The van der Waals surface area contributed by atoms with E-state index in [1.165, 1.54) is 6.20 Å². The van der Waals surface area contributed by atoms with Crippen molar-refractivity contribution >= 4 is 5.82 Å². The van der Waals surface area contributed by atoms with E-state index in [9.17, 15) is 22.0 Å². The molecule has 0 bridgehead atoms. The van der Waals surface area contributed by atoms with Crippen molar-refractivity contribution in [1.29, 1.82) is 0 Å². The van der Waals surface area contributed by atoms with Crippen LogP contribution in [-0.4, -0.2) is 45.5 Å². The second-order valence-electron chi connectivity index (χ2n) is 8.68. The van der Waals surface area contributed by atoms with E-state index in [0.717, 1.165) is 31.2 Å². The van der Waals surface area contributed by atoms with Gasteiger partial charge in [-0.1, -0.05) is 0 Å². The molecule has 2 atom stereocenters. The molecule has 10 heteroatoms. The van der Waals surface area contributed by atoms with Crippen molar-refractivity contribution in [1.82, 2.24) is 19.4 Å². The molecular weight excluding hydrogens is 405 g/mol. The maximum atomic E-state index is 13.2. The summed E-state index contributed by atoms with van der Waals surface area (Å²) >= 11 is 0. The molecule has 0 amide bonds. The van der Waals surface area contributed by atoms with E-state index in [-0.39, 0.29) is 18.2 Å². The minimum atomic E-state index is -4.59. The molecule has 2 aliphatic carbocycles. The molecule has 2 saturated carbocycles. The van der Waals surface area contributed by atoms with Gasteiger partial charge in [-0.3, -0.25) is 4.90 Å². The van der Waals surface area contributed by atoms with Crippen LogP contribution in [0.25, 0.3) is 11.3 Å². The van der Waals surface area contributed by atoms with Gasteiger partial charge in [-0.25, -0.2) is 18.7 Å². The lowest BCUT2D eigenvalue weighted by Crippen LogP contribution is -2.30. The first-order valence-electron chi connectivity index (χ1n) is 10.1. The highest BCUT2D eigenvalue weighted by atomic mass is 19.4. The highest BCUT2D eigenvalue weighted by Gasteiger charge is 2.57. The molecule has 162 valence electrons. The van der Waals surface area contributed by atoms with E-state index >= 15 is 0 Å². The van der Waals surface area contributed by atoms with E-state index in [4.69, 9.17) is 5.73 Å². The Labute approximate surface area is 170 Å². The number of halogens is 5. The Kier molecular flexibility index (Phi) is 4.53. The Hall–Kier alpha value is -2.23. The summed E-state index contributed by atoms with van der Waals surface area (Å²) in [4.78, 5) is 10.2. The molecule has 2 aromatic heterocycles. The van der Waals surface area contributed by atoms with E-state index in [1.54, 1.807) is 11.1 Å². The van der Waals surface area contributed by atoms with Gasteiger partial charge in [-0.15, -0.1) is 0 Å². The number of nitrogens with two attached hydrogens (primary N) is 1. The van der Waals surface area contributed by atoms with Gasteiger partial charge in [0.15, 0.2) is 0 Å². The average molecular weight is 427 g/mol. The number of piperidine rings is 1. The smallest absolute Gasteiger partial charge is 0.383 e. The first kappa shape index (κ1) is 19.7. The second kappa shape index (κ2) is 6.90. The van der Waals surface area contributed by atoms with Gasteiger partial charge in [0.05, 0.1) is 17.8 Å². The lowest BCUT2D eigenvalue weighted by molar-refractivity contribution is -0.137. The zero-order valence-electron chi connectivity index (χ0n) is 16.1. The SMILES string of the molecule is Nc1ncc(-c2cn(C3C4CN(CC(F)F)CC43)c(CC3CC3)n2)cc1C(F)(F)F. The predicted octanol–water partition coefficient (Wildman–Crippen LogP) is 3.87. The van der Waals surface area contributed by atoms with Crippen molar-refractivity contribution in [3.05, 3.63) is 29.8 Å². The molecule has 2 aromatic rings. The number of rotatable bonds is 6. The highest BCUT2D eigenvalue weighted by Crippen LogP contribution is 2.56. The molecule has 3 heterocycles. The summed E-state index contributed by atoms with van der Waals surface area (Å²) in [5, 5.41) is 0. The standard InChI is InChI=1S/C20H22F5N5/c21-16(22)9-29-6-12-13(7-29)18(12)30-8-15(28-17(30)3-10-1-2-10)11-4-14(20(23,24)25)19(26)27-5-11/h4-5,8,10,12-13,16,18H,1-3,6-7,9H2,(H2,26,27). The third kappa shape index (κ3) is 3.66. The number of likely N-dealkylation sites (tertiary alicyclic amines) is 1. The summed E-state index contributed by atoms with van der Waals surface area (Å²) in [5.74, 6) is 1.44. The van der Waals surface area contributed by atoms with Gasteiger partial charge in [0.2, 0.25) is 0 Å². The number of fused-ring (bicyclic) bond motifs is 1. The summed E-state index contributed by atoms with van der Waals surface area (Å²) in [6.45, 7) is 1.04. The zero-order valence-corrected chi connectivity index (χ0v) is 16.1. The summed E-state index contributed by atoms with van der Waals surface area (Å²) < 4.78 is 67.1. The average Bonchev–Trinajstić information content (AvgIpc) is 3.49. The van der Waals surface area contributed by atoms with Gasteiger partial charge in [-0.05, 0) is 36.7 Å². The molecule has 2 unspecified atom stereocenters. The predicted molar refractivity (Wildman–Crippen MR) is 99.8 cm³/mol. The quantitative estimate of drug-likeness (QED) is 0.712. The third-order valence-corrected chi connectivity index (χ3v) is 6.44. The van der Waals surface area contributed by atoms with Crippen molar-refractivity contribution in [2.75, 3.05) is 25.4 Å². The summed E-state index contributed by atoms with van der Waals surface area (Å²) in [7, 11) is 0. The zero-order chi connectivity index (χ0) is 21.2. The Morgan fingerprint density at radius 1 is 1.17 bits per heavy atom. The first-order chi connectivity index (χ1) is 14.2. The van der Waals surface area contributed by atoms with Crippen molar-refractivity contribution in [3.63, 3.8) is 0 Å². The maximum absolute atomic E-state index is 13.2. The van der Waals surface area contributed by atoms with Crippen LogP contribution in [0, 0.1) is 17.8 Å². The van der Waals surface area contributed by atoms with Crippen molar-refractivity contribution < 1.29 is 22.0 Å². The van der Waals surface area contributed by atoms with Gasteiger partial charge in [0.1, 0.15) is 11.6 Å². The minimum absolute atomic E-state index is 0.178. The molecule has 3 fully saturated rings. The molecule has 5 nitrogen and oxygen atoms in total. The lowest BCUT2D eigenvalue weighted by atomic mass is 10.1. The number of hydrogen-bond donors (Lipinski definition) is 1. The molecule has 0 spiro atoms. The van der Waals surface area contributed by atoms with Gasteiger partial charge >= 0.3 is 6.18 Å². The topological polar surface area (TPSA) is 60.0 Å². The van der Waals surface area contributed by atoms with Gasteiger partial charge in [0.25, 0.3) is 6.43 Å². The van der Waals surface area contributed by atoms with Gasteiger partial charge in [-0.2, -0.15) is 13.2 Å². The van der Waals surface area contributed by atoms with E-state index in [0.29, 0.717) is 36.5 Å². The molecule has 30 heavy (non-hydrogen) atoms. The molecular formula is C20H22F5N5. The van der Waals surface area contributed by atoms with Crippen LogP contribution >= 0.6 is 0 Å². The Morgan fingerprint density at radius 3 is 2.47 bits per heavy atom. The molecule has 1 saturated heterocycles. The van der Waals surface area contributed by atoms with Crippen LogP contribution in [-0.2, 0) is 12.6 Å². The van der Waals surface area contributed by atoms with Crippen molar-refractivity contribution in [3.8, 4) is 11.3 Å². The Morgan fingerprint density at radius 2 is 1.87 bits per heavy atom. The number of aromatic nitrogens is 3. The normalized spacial score (nSPS) is 26.4. The Balaban J connectivity index is 1.42. The van der Waals surface area contributed by atoms with Crippen LogP contribution in [0.4, 0.5) is 27.8 Å². The number of alkyl halides is 5. The van der Waals surface area contributed by atoms with E-state index in [2.05, 4.69) is 14.5 Å². The molecule has 0 aromatic carbocycles. The fourth-order valence-electron chi connectivity index (χ4n) is 4.74. The number of nitrogens with zero attached hydrogens (tertiary/aromatic N) is 4. The van der Waals surface area contributed by atoms with Crippen molar-refractivity contribution in [2.45, 2.75) is 37.9 Å². The van der Waals surface area contributed by atoms with E-state index < -0.39 is 24.0 Å². The molecule has 5 rings (SSSR count). The molecule has 3 aliphatic rings. The molecule has 2 N–H and O–H groups in total. The van der Waals surface area contributed by atoms with Crippen LogP contribution in [0.5, 0.6) is 0 Å². The lowest BCUT2D eigenvalue weighted by Gasteiger charge is -2.19.